The molecule has 0 aromatic carbocycles. The van der Waals surface area contributed by atoms with Crippen LogP contribution in [0.1, 0.15) is 26.1 Å². The molecule has 0 radical (unpaired) electrons. The van der Waals surface area contributed by atoms with Crippen LogP contribution in [-0.2, 0) is 0 Å². The highest BCUT2D eigenvalue weighted by atomic mass is 32.2. The van der Waals surface area contributed by atoms with Crippen LogP contribution < -0.4 is 5.32 Å². The molecule has 1 aromatic rings. The molecule has 1 heterocycles. The van der Waals surface area contributed by atoms with Crippen molar-refractivity contribution >= 4 is 23.3 Å². The number of nitrogens with zero attached hydrogens (tertiary/aromatic N) is 2. The van der Waals surface area contributed by atoms with Crippen molar-refractivity contribution in [1.82, 2.24) is 14.7 Å². The molecule has 0 fully saturated rings. The van der Waals surface area contributed by atoms with E-state index in [2.05, 4.69) is 21.6 Å². The largest absolute Gasteiger partial charge is 0.394 e. The first-order valence-electron chi connectivity index (χ1n) is 5.26. The number of rotatable bonds is 6. The molecule has 0 aliphatic rings. The lowest BCUT2D eigenvalue weighted by atomic mass is 9.98. The van der Waals surface area contributed by atoms with Crippen molar-refractivity contribution in [1.29, 1.82) is 0 Å². The summed E-state index contributed by atoms with van der Waals surface area (Å²) in [5.74, 6) is 0.832. The summed E-state index contributed by atoms with van der Waals surface area (Å²) in [6.45, 7) is 6.21. The molecule has 2 atom stereocenters. The molecule has 4 nitrogen and oxygen atoms in total. The van der Waals surface area contributed by atoms with Gasteiger partial charge in [0.2, 0.25) is 0 Å². The Balaban J connectivity index is 2.50. The van der Waals surface area contributed by atoms with E-state index in [0.29, 0.717) is 5.25 Å². The average Bonchev–Trinajstić information content (AvgIpc) is 2.63. The summed E-state index contributed by atoms with van der Waals surface area (Å²) in [6, 6.07) is 0. The minimum Gasteiger partial charge on any atom is -0.394 e. The van der Waals surface area contributed by atoms with Crippen molar-refractivity contribution in [3.8, 4) is 0 Å². The van der Waals surface area contributed by atoms with E-state index in [1.165, 1.54) is 11.5 Å². The van der Waals surface area contributed by atoms with Gasteiger partial charge in [-0.25, -0.2) is 4.98 Å². The van der Waals surface area contributed by atoms with Gasteiger partial charge in [-0.3, -0.25) is 0 Å². The van der Waals surface area contributed by atoms with E-state index in [4.69, 9.17) is 0 Å². The summed E-state index contributed by atoms with van der Waals surface area (Å²) in [7, 11) is 1.88. The molecule has 2 unspecified atom stereocenters. The van der Waals surface area contributed by atoms with Crippen molar-refractivity contribution < 1.29 is 5.11 Å². The maximum absolute atomic E-state index is 9.31. The van der Waals surface area contributed by atoms with E-state index >= 15 is 0 Å². The summed E-state index contributed by atoms with van der Waals surface area (Å²) in [5.41, 5.74) is -0.216. The molecule has 0 saturated carbocycles. The van der Waals surface area contributed by atoms with Gasteiger partial charge >= 0.3 is 0 Å². The summed E-state index contributed by atoms with van der Waals surface area (Å²) in [6.07, 6.45) is 0.892. The third kappa shape index (κ3) is 4.01. The quantitative estimate of drug-likeness (QED) is 0.763. The van der Waals surface area contributed by atoms with Crippen molar-refractivity contribution in [3.05, 3.63) is 5.82 Å². The highest BCUT2D eigenvalue weighted by Crippen LogP contribution is 2.29. The fourth-order valence-electron chi connectivity index (χ4n) is 1.42. The standard InChI is InChI=1S/C10H19N3OS2/c1-7(5-10(3,6-14)11-4)15-9-12-8(2)13-16-9/h7,11,14H,5-6H2,1-4H3. The second-order valence-electron chi connectivity index (χ2n) is 4.21. The van der Waals surface area contributed by atoms with Crippen LogP contribution in [0.5, 0.6) is 0 Å². The average molecular weight is 261 g/mol. The van der Waals surface area contributed by atoms with Gasteiger partial charge in [-0.1, -0.05) is 18.7 Å². The molecule has 16 heavy (non-hydrogen) atoms. The Morgan fingerprint density at radius 3 is 2.75 bits per heavy atom. The minimum absolute atomic E-state index is 0.142. The van der Waals surface area contributed by atoms with Gasteiger partial charge in [0.05, 0.1) is 6.61 Å². The third-order valence-electron chi connectivity index (χ3n) is 2.50. The van der Waals surface area contributed by atoms with Gasteiger partial charge in [-0.15, -0.1) is 0 Å². The maximum atomic E-state index is 9.31. The van der Waals surface area contributed by atoms with Crippen molar-refractivity contribution in [2.75, 3.05) is 13.7 Å². The smallest absolute Gasteiger partial charge is 0.170 e. The number of thioether (sulfide) groups is 1. The highest BCUT2D eigenvalue weighted by Gasteiger charge is 2.24. The normalized spacial score (nSPS) is 17.1. The zero-order valence-electron chi connectivity index (χ0n) is 10.1. The van der Waals surface area contributed by atoms with E-state index in [-0.39, 0.29) is 12.1 Å². The molecule has 0 aliphatic carbocycles. The number of aryl methyl sites for hydroxylation is 1. The number of hydrogen-bond donors (Lipinski definition) is 2. The van der Waals surface area contributed by atoms with Crippen molar-refractivity contribution in [3.63, 3.8) is 0 Å². The molecule has 92 valence electrons. The van der Waals surface area contributed by atoms with Crippen LogP contribution in [-0.4, -0.2) is 38.9 Å². The van der Waals surface area contributed by atoms with E-state index in [1.54, 1.807) is 11.8 Å². The lowest BCUT2D eigenvalue weighted by Crippen LogP contribution is -2.45. The van der Waals surface area contributed by atoms with E-state index < -0.39 is 0 Å². The summed E-state index contributed by atoms with van der Waals surface area (Å²) < 4.78 is 5.15. The van der Waals surface area contributed by atoms with Gasteiger partial charge in [0.25, 0.3) is 0 Å². The number of aliphatic hydroxyl groups excluding tert-OH is 1. The van der Waals surface area contributed by atoms with Gasteiger partial charge < -0.3 is 10.4 Å². The van der Waals surface area contributed by atoms with Crippen LogP contribution in [0.2, 0.25) is 0 Å². The molecular weight excluding hydrogens is 242 g/mol. The highest BCUT2D eigenvalue weighted by molar-refractivity contribution is 8.01. The van der Waals surface area contributed by atoms with Gasteiger partial charge in [0.15, 0.2) is 4.34 Å². The van der Waals surface area contributed by atoms with Crippen molar-refractivity contribution in [2.45, 2.75) is 42.3 Å². The fourth-order valence-corrected chi connectivity index (χ4v) is 3.60. The lowest BCUT2D eigenvalue weighted by Gasteiger charge is -2.29. The number of aliphatic hydroxyl groups is 1. The third-order valence-corrected chi connectivity index (χ3v) is 4.48. The molecule has 1 aromatic heterocycles. The molecule has 0 saturated heterocycles. The lowest BCUT2D eigenvalue weighted by molar-refractivity contribution is 0.174. The summed E-state index contributed by atoms with van der Waals surface area (Å²) in [4.78, 5) is 4.32. The number of likely N-dealkylation sites (N-methyl/N-ethyl adjacent to an activating group) is 1. The number of nitrogens with one attached hydrogen (secondary N) is 1. The predicted octanol–water partition coefficient (Wildman–Crippen LogP) is 1.69. The topological polar surface area (TPSA) is 58.0 Å². The zero-order valence-corrected chi connectivity index (χ0v) is 11.8. The first kappa shape index (κ1) is 13.9. The molecule has 0 aliphatic heterocycles. The first-order valence-corrected chi connectivity index (χ1v) is 6.91. The Kier molecular flexibility index (Phi) is 5.17. The monoisotopic (exact) mass is 261 g/mol. The van der Waals surface area contributed by atoms with Crippen molar-refractivity contribution in [2.24, 2.45) is 0 Å². The predicted molar refractivity (Wildman–Crippen MR) is 69.1 cm³/mol. The van der Waals surface area contributed by atoms with Gasteiger partial charge in [0.1, 0.15) is 5.82 Å². The molecule has 6 heteroatoms. The maximum Gasteiger partial charge on any atom is 0.170 e. The van der Waals surface area contributed by atoms with Crippen LogP contribution in [0.15, 0.2) is 4.34 Å². The zero-order chi connectivity index (χ0) is 12.2. The molecule has 0 spiro atoms. The van der Waals surface area contributed by atoms with E-state index in [9.17, 15) is 5.11 Å². The molecule has 0 bridgehead atoms. The minimum atomic E-state index is -0.216. The Labute approximate surface area is 105 Å². The van der Waals surface area contributed by atoms with Gasteiger partial charge in [-0.2, -0.15) is 4.37 Å². The Morgan fingerprint density at radius 1 is 1.62 bits per heavy atom. The van der Waals surface area contributed by atoms with Crippen LogP contribution in [0.4, 0.5) is 0 Å². The Bertz CT molecular complexity index is 326. The number of hydrogen-bond acceptors (Lipinski definition) is 6. The van der Waals surface area contributed by atoms with Crippen LogP contribution in [0, 0.1) is 6.92 Å². The second kappa shape index (κ2) is 5.95. The van der Waals surface area contributed by atoms with Crippen LogP contribution >= 0.6 is 23.3 Å². The SMILES string of the molecule is CNC(C)(CO)CC(C)Sc1nc(C)ns1. The second-order valence-corrected chi connectivity index (χ2v) is 6.65. The fraction of sp³-hybridized carbons (Fsp3) is 0.800. The van der Waals surface area contributed by atoms with Gasteiger partial charge in [0, 0.05) is 10.8 Å². The van der Waals surface area contributed by atoms with E-state index in [0.717, 1.165) is 16.6 Å². The Morgan fingerprint density at radius 2 is 2.31 bits per heavy atom. The molecule has 1 rings (SSSR count). The summed E-state index contributed by atoms with van der Waals surface area (Å²) in [5, 5.41) is 12.9. The van der Waals surface area contributed by atoms with Crippen LogP contribution in [0.3, 0.4) is 0 Å². The molecule has 2 N–H and O–H groups in total. The Hall–Kier alpha value is -0.170. The van der Waals surface area contributed by atoms with E-state index in [1.807, 2.05) is 20.9 Å². The summed E-state index contributed by atoms with van der Waals surface area (Å²) >= 11 is 3.15. The van der Waals surface area contributed by atoms with Gasteiger partial charge in [-0.05, 0) is 38.8 Å². The molecular formula is C10H19N3OS2. The first-order chi connectivity index (χ1) is 7.49. The van der Waals surface area contributed by atoms with Crippen LogP contribution in [0.25, 0.3) is 0 Å². The number of aromatic nitrogens is 2. The molecule has 0 amide bonds.